The van der Waals surface area contributed by atoms with E-state index in [1.807, 2.05) is 59.5 Å². The molecule has 164 valence electrons. The topological polar surface area (TPSA) is 64.7 Å². The molecule has 0 aliphatic carbocycles. The summed E-state index contributed by atoms with van der Waals surface area (Å²) in [6.45, 7) is 4.88. The van der Waals surface area contributed by atoms with Crippen LogP contribution in [0.3, 0.4) is 0 Å². The third-order valence-corrected chi connectivity index (χ3v) is 5.55. The van der Waals surface area contributed by atoms with Gasteiger partial charge in [0.15, 0.2) is 5.11 Å². The fourth-order valence-electron chi connectivity index (χ4n) is 3.65. The van der Waals surface area contributed by atoms with E-state index >= 15 is 0 Å². The van der Waals surface area contributed by atoms with Gasteiger partial charge in [-0.1, -0.05) is 50.1 Å². The SMILES string of the molecule is CCCCCC(=O)NC(=S)Nc1ccccc1N1CCN(C(=O)c2ccccc2)CC1. The van der Waals surface area contributed by atoms with E-state index in [1.54, 1.807) is 0 Å². The Hall–Kier alpha value is -2.93. The highest BCUT2D eigenvalue weighted by molar-refractivity contribution is 7.80. The van der Waals surface area contributed by atoms with Crippen LogP contribution in [0, 0.1) is 0 Å². The molecule has 2 amide bonds. The van der Waals surface area contributed by atoms with Gasteiger partial charge < -0.3 is 20.4 Å². The maximum absolute atomic E-state index is 12.7. The molecule has 0 radical (unpaired) electrons. The molecule has 1 aliphatic heterocycles. The molecule has 2 N–H and O–H groups in total. The number of benzene rings is 2. The van der Waals surface area contributed by atoms with Crippen molar-refractivity contribution in [2.75, 3.05) is 36.4 Å². The Bertz CT molecular complexity index is 895. The third-order valence-electron chi connectivity index (χ3n) is 5.34. The summed E-state index contributed by atoms with van der Waals surface area (Å²) in [5.74, 6) is 0.00935. The predicted molar refractivity (Wildman–Crippen MR) is 130 cm³/mol. The van der Waals surface area contributed by atoms with Gasteiger partial charge in [-0.05, 0) is 42.9 Å². The minimum atomic E-state index is -0.0588. The molecule has 1 fully saturated rings. The molecule has 0 saturated carbocycles. The van der Waals surface area contributed by atoms with Gasteiger partial charge in [0, 0.05) is 38.2 Å². The average molecular weight is 439 g/mol. The molecule has 6 nitrogen and oxygen atoms in total. The van der Waals surface area contributed by atoms with Crippen LogP contribution in [-0.4, -0.2) is 48.0 Å². The van der Waals surface area contributed by atoms with Crippen LogP contribution in [0.1, 0.15) is 43.0 Å². The van der Waals surface area contributed by atoms with Crippen molar-refractivity contribution >= 4 is 40.5 Å². The van der Waals surface area contributed by atoms with Crippen LogP contribution in [0.4, 0.5) is 11.4 Å². The summed E-state index contributed by atoms with van der Waals surface area (Å²) in [7, 11) is 0. The number of piperazine rings is 1. The standard InChI is InChI=1S/C24H30N4O2S/c1-2-3-5-14-22(29)26-24(31)25-20-12-8-9-13-21(20)27-15-17-28(18-16-27)23(30)19-10-6-4-7-11-19/h4,6-13H,2-3,5,14-18H2,1H3,(H2,25,26,29,31). The van der Waals surface area contributed by atoms with E-state index in [9.17, 15) is 9.59 Å². The summed E-state index contributed by atoms with van der Waals surface area (Å²) in [4.78, 5) is 28.9. The van der Waals surface area contributed by atoms with Crippen LogP contribution in [0.15, 0.2) is 54.6 Å². The molecule has 31 heavy (non-hydrogen) atoms. The minimum Gasteiger partial charge on any atom is -0.366 e. The van der Waals surface area contributed by atoms with Crippen molar-refractivity contribution < 1.29 is 9.59 Å². The normalized spacial score (nSPS) is 13.6. The second-order valence-corrected chi connectivity index (χ2v) is 8.03. The Kier molecular flexibility index (Phi) is 8.41. The number of hydrogen-bond acceptors (Lipinski definition) is 4. The zero-order valence-corrected chi connectivity index (χ0v) is 18.8. The first-order chi connectivity index (χ1) is 15.1. The molecule has 1 saturated heterocycles. The molecular weight excluding hydrogens is 408 g/mol. The highest BCUT2D eigenvalue weighted by atomic mass is 32.1. The molecule has 1 heterocycles. The lowest BCUT2D eigenvalue weighted by atomic mass is 10.1. The number of carbonyl (C=O) groups excluding carboxylic acids is 2. The van der Waals surface area contributed by atoms with E-state index in [4.69, 9.17) is 12.2 Å². The summed E-state index contributed by atoms with van der Waals surface area (Å²) >= 11 is 5.34. The first-order valence-electron chi connectivity index (χ1n) is 10.9. The van der Waals surface area contributed by atoms with E-state index in [0.717, 1.165) is 49.3 Å². The van der Waals surface area contributed by atoms with Crippen molar-refractivity contribution in [3.63, 3.8) is 0 Å². The molecule has 0 spiro atoms. The zero-order chi connectivity index (χ0) is 22.1. The zero-order valence-electron chi connectivity index (χ0n) is 18.0. The van der Waals surface area contributed by atoms with Crippen LogP contribution < -0.4 is 15.5 Å². The minimum absolute atomic E-state index is 0.0588. The summed E-state index contributed by atoms with van der Waals surface area (Å²) in [6.07, 6.45) is 3.46. The smallest absolute Gasteiger partial charge is 0.253 e. The maximum atomic E-state index is 12.7. The summed E-state index contributed by atoms with van der Waals surface area (Å²) < 4.78 is 0. The van der Waals surface area contributed by atoms with Gasteiger partial charge in [0.1, 0.15) is 0 Å². The Morgan fingerprint density at radius 2 is 1.61 bits per heavy atom. The van der Waals surface area contributed by atoms with Crippen molar-refractivity contribution in [2.24, 2.45) is 0 Å². The molecule has 2 aromatic carbocycles. The van der Waals surface area contributed by atoms with Crippen LogP contribution in [0.25, 0.3) is 0 Å². The highest BCUT2D eigenvalue weighted by Gasteiger charge is 2.23. The molecule has 7 heteroatoms. The van der Waals surface area contributed by atoms with E-state index in [-0.39, 0.29) is 11.8 Å². The lowest BCUT2D eigenvalue weighted by Crippen LogP contribution is -2.49. The van der Waals surface area contributed by atoms with E-state index in [1.165, 1.54) is 0 Å². The first kappa shape index (κ1) is 22.7. The predicted octanol–water partition coefficient (Wildman–Crippen LogP) is 4.04. The number of hydrogen-bond donors (Lipinski definition) is 2. The molecule has 3 rings (SSSR count). The van der Waals surface area contributed by atoms with Crippen LogP contribution in [0.2, 0.25) is 0 Å². The third kappa shape index (κ3) is 6.52. The number of para-hydroxylation sites is 2. The van der Waals surface area contributed by atoms with Gasteiger partial charge in [-0.25, -0.2) is 0 Å². The van der Waals surface area contributed by atoms with Crippen LogP contribution in [0.5, 0.6) is 0 Å². The second kappa shape index (κ2) is 11.5. The molecule has 2 aromatic rings. The Morgan fingerprint density at radius 3 is 2.32 bits per heavy atom. The number of nitrogens with one attached hydrogen (secondary N) is 2. The van der Waals surface area contributed by atoms with Gasteiger partial charge in [-0.15, -0.1) is 0 Å². The Balaban J connectivity index is 1.56. The monoisotopic (exact) mass is 438 g/mol. The Labute approximate surface area is 189 Å². The summed E-state index contributed by atoms with van der Waals surface area (Å²) in [5.41, 5.74) is 2.58. The van der Waals surface area contributed by atoms with Crippen molar-refractivity contribution in [2.45, 2.75) is 32.6 Å². The molecule has 0 bridgehead atoms. The quantitative estimate of drug-likeness (QED) is 0.505. The van der Waals surface area contributed by atoms with E-state index in [2.05, 4.69) is 22.5 Å². The van der Waals surface area contributed by atoms with Gasteiger partial charge >= 0.3 is 0 Å². The molecule has 1 aliphatic rings. The van der Waals surface area contributed by atoms with Crippen molar-refractivity contribution in [1.29, 1.82) is 0 Å². The lowest BCUT2D eigenvalue weighted by molar-refractivity contribution is -0.119. The number of thiocarbonyl (C=S) groups is 1. The number of carbonyl (C=O) groups is 2. The van der Waals surface area contributed by atoms with Crippen molar-refractivity contribution in [1.82, 2.24) is 10.2 Å². The molecular formula is C24H30N4O2S. The van der Waals surface area contributed by atoms with Gasteiger partial charge in [-0.2, -0.15) is 0 Å². The van der Waals surface area contributed by atoms with Gasteiger partial charge in [-0.3, -0.25) is 9.59 Å². The van der Waals surface area contributed by atoms with E-state index < -0.39 is 0 Å². The van der Waals surface area contributed by atoms with Gasteiger partial charge in [0.25, 0.3) is 5.91 Å². The number of unbranched alkanes of at least 4 members (excludes halogenated alkanes) is 2. The van der Waals surface area contributed by atoms with E-state index in [0.29, 0.717) is 24.6 Å². The largest absolute Gasteiger partial charge is 0.366 e. The maximum Gasteiger partial charge on any atom is 0.253 e. The lowest BCUT2D eigenvalue weighted by Gasteiger charge is -2.37. The molecule has 0 unspecified atom stereocenters. The Morgan fingerprint density at radius 1 is 0.935 bits per heavy atom. The number of rotatable bonds is 7. The van der Waals surface area contributed by atoms with Crippen molar-refractivity contribution in [3.8, 4) is 0 Å². The van der Waals surface area contributed by atoms with Crippen LogP contribution >= 0.6 is 12.2 Å². The van der Waals surface area contributed by atoms with Gasteiger partial charge in [0.05, 0.1) is 11.4 Å². The fraction of sp³-hybridized carbons (Fsp3) is 0.375. The number of nitrogens with zero attached hydrogens (tertiary/aromatic N) is 2. The molecule has 0 atom stereocenters. The highest BCUT2D eigenvalue weighted by Crippen LogP contribution is 2.27. The van der Waals surface area contributed by atoms with Crippen molar-refractivity contribution in [3.05, 3.63) is 60.2 Å². The number of anilines is 2. The first-order valence-corrected chi connectivity index (χ1v) is 11.3. The summed E-state index contributed by atoms with van der Waals surface area (Å²) in [6, 6.07) is 17.3. The molecule has 0 aromatic heterocycles. The summed E-state index contributed by atoms with van der Waals surface area (Å²) in [5, 5.41) is 6.25. The van der Waals surface area contributed by atoms with Crippen LogP contribution in [-0.2, 0) is 4.79 Å². The van der Waals surface area contributed by atoms with Gasteiger partial charge in [0.2, 0.25) is 5.91 Å². The average Bonchev–Trinajstić information content (AvgIpc) is 2.80. The number of amides is 2. The fourth-order valence-corrected chi connectivity index (χ4v) is 3.87. The second-order valence-electron chi connectivity index (χ2n) is 7.62.